The number of halogens is 1. The Hall–Kier alpha value is -1.57. The quantitative estimate of drug-likeness (QED) is 0.555. The summed E-state index contributed by atoms with van der Waals surface area (Å²) in [5.74, 6) is -0.0840. The van der Waals surface area contributed by atoms with Gasteiger partial charge in [-0.2, -0.15) is 0 Å². The zero-order valence-electron chi connectivity index (χ0n) is 8.79. The molecule has 1 N–H and O–H groups in total. The van der Waals surface area contributed by atoms with Gasteiger partial charge in [-0.05, 0) is 24.3 Å². The Kier molecular flexibility index (Phi) is 2.32. The summed E-state index contributed by atoms with van der Waals surface area (Å²) >= 11 is 2.55. The number of benzene rings is 1. The van der Waals surface area contributed by atoms with Crippen LogP contribution in [0.1, 0.15) is 5.56 Å². The Labute approximate surface area is 105 Å². The van der Waals surface area contributed by atoms with Crippen molar-refractivity contribution in [3.63, 3.8) is 0 Å². The SMILES string of the molecule is O=C1Nc2cc(F)ccc2/C1=C1/C=[C]([Al])CO1. The van der Waals surface area contributed by atoms with Gasteiger partial charge in [0.15, 0.2) is 16.3 Å². The topological polar surface area (TPSA) is 38.3 Å². The highest BCUT2D eigenvalue weighted by atomic mass is 27.0. The minimum atomic E-state index is -0.370. The van der Waals surface area contributed by atoms with Crippen molar-refractivity contribution >= 4 is 33.5 Å². The number of rotatable bonds is 0. The van der Waals surface area contributed by atoms with Crippen LogP contribution >= 0.6 is 0 Å². The molecule has 1 aromatic rings. The summed E-state index contributed by atoms with van der Waals surface area (Å²) in [6.45, 7) is 0.466. The van der Waals surface area contributed by atoms with Crippen LogP contribution in [0.4, 0.5) is 10.1 Å². The van der Waals surface area contributed by atoms with Crippen LogP contribution < -0.4 is 5.32 Å². The molecule has 17 heavy (non-hydrogen) atoms. The highest BCUT2D eigenvalue weighted by molar-refractivity contribution is 6.32. The maximum absolute atomic E-state index is 13.0. The molecule has 5 heteroatoms. The second-order valence-corrected chi connectivity index (χ2v) is 4.63. The maximum atomic E-state index is 13.0. The van der Waals surface area contributed by atoms with Crippen molar-refractivity contribution in [2.75, 3.05) is 11.9 Å². The fraction of sp³-hybridized carbons (Fsp3) is 0.0833. The lowest BCUT2D eigenvalue weighted by atomic mass is 10.1. The number of hydrogen-bond donors (Lipinski definition) is 1. The Morgan fingerprint density at radius 1 is 1.41 bits per heavy atom. The van der Waals surface area contributed by atoms with Gasteiger partial charge in [0, 0.05) is 5.56 Å². The fourth-order valence-corrected chi connectivity index (χ4v) is 2.18. The smallest absolute Gasteiger partial charge is 0.260 e. The van der Waals surface area contributed by atoms with E-state index in [-0.39, 0.29) is 11.7 Å². The van der Waals surface area contributed by atoms with Crippen LogP contribution in [0.2, 0.25) is 0 Å². The van der Waals surface area contributed by atoms with Crippen LogP contribution in [-0.4, -0.2) is 28.8 Å². The summed E-state index contributed by atoms with van der Waals surface area (Å²) in [7, 11) is 0. The Morgan fingerprint density at radius 3 is 2.94 bits per heavy atom. The normalized spacial score (nSPS) is 21.9. The summed E-state index contributed by atoms with van der Waals surface area (Å²) in [5, 5.41) is 2.63. The van der Waals surface area contributed by atoms with E-state index in [0.717, 1.165) is 4.44 Å². The van der Waals surface area contributed by atoms with Crippen LogP contribution in [0.25, 0.3) is 5.57 Å². The second-order valence-electron chi connectivity index (χ2n) is 3.89. The van der Waals surface area contributed by atoms with Crippen molar-refractivity contribution in [2.24, 2.45) is 0 Å². The highest BCUT2D eigenvalue weighted by Crippen LogP contribution is 2.36. The Bertz CT molecular complexity index is 592. The van der Waals surface area contributed by atoms with E-state index in [9.17, 15) is 9.18 Å². The molecule has 0 fully saturated rings. The minimum Gasteiger partial charge on any atom is -0.490 e. The lowest BCUT2D eigenvalue weighted by molar-refractivity contribution is -0.110. The number of carbonyl (C=O) groups excluding carboxylic acids is 1. The predicted octanol–water partition coefficient (Wildman–Crippen LogP) is 1.57. The van der Waals surface area contributed by atoms with Crippen molar-refractivity contribution in [3.05, 3.63) is 45.9 Å². The van der Waals surface area contributed by atoms with Gasteiger partial charge in [0.1, 0.15) is 11.6 Å². The van der Waals surface area contributed by atoms with Gasteiger partial charge in [-0.1, -0.05) is 0 Å². The van der Waals surface area contributed by atoms with Crippen molar-refractivity contribution < 1.29 is 13.9 Å². The Balaban J connectivity index is 2.18. The highest BCUT2D eigenvalue weighted by Gasteiger charge is 2.29. The van der Waals surface area contributed by atoms with Gasteiger partial charge in [-0.15, -0.1) is 4.44 Å². The molecule has 2 radical (unpaired) electrons. The monoisotopic (exact) mass is 243 g/mol. The van der Waals surface area contributed by atoms with Crippen molar-refractivity contribution in [3.8, 4) is 0 Å². The first kappa shape index (κ1) is 10.6. The molecule has 3 nitrogen and oxygen atoms in total. The molecule has 0 spiro atoms. The van der Waals surface area contributed by atoms with E-state index in [1.54, 1.807) is 12.1 Å². The first-order valence-electron chi connectivity index (χ1n) is 5.09. The average Bonchev–Trinajstić information content (AvgIpc) is 2.80. The molecule has 3 rings (SSSR count). The van der Waals surface area contributed by atoms with Crippen molar-refractivity contribution in [1.82, 2.24) is 0 Å². The molecule has 0 atom stereocenters. The molecule has 0 aliphatic carbocycles. The van der Waals surface area contributed by atoms with E-state index < -0.39 is 0 Å². The predicted molar refractivity (Wildman–Crippen MR) is 61.7 cm³/mol. The third-order valence-corrected chi connectivity index (χ3v) is 3.02. The first-order valence-corrected chi connectivity index (χ1v) is 5.67. The van der Waals surface area contributed by atoms with Gasteiger partial charge in [0.05, 0.1) is 17.9 Å². The van der Waals surface area contributed by atoms with E-state index in [1.807, 2.05) is 0 Å². The molecule has 0 bridgehead atoms. The zero-order valence-corrected chi connectivity index (χ0v) is 9.94. The van der Waals surface area contributed by atoms with Gasteiger partial charge < -0.3 is 10.1 Å². The number of hydrogen-bond acceptors (Lipinski definition) is 2. The molecule has 0 saturated carbocycles. The first-order chi connectivity index (χ1) is 8.15. The van der Waals surface area contributed by atoms with E-state index >= 15 is 0 Å². The van der Waals surface area contributed by atoms with Crippen molar-refractivity contribution in [2.45, 2.75) is 0 Å². The fourth-order valence-electron chi connectivity index (χ4n) is 1.95. The number of anilines is 1. The molecule has 2 aliphatic heterocycles. The molecule has 0 saturated heterocycles. The van der Waals surface area contributed by atoms with Crippen LogP contribution in [-0.2, 0) is 9.53 Å². The summed E-state index contributed by atoms with van der Waals surface area (Å²) in [6.07, 6.45) is 1.80. The summed E-state index contributed by atoms with van der Waals surface area (Å²) in [6, 6.07) is 4.23. The van der Waals surface area contributed by atoms with E-state index in [1.165, 1.54) is 12.1 Å². The third-order valence-electron chi connectivity index (χ3n) is 2.68. The van der Waals surface area contributed by atoms with Gasteiger partial charge in [0.25, 0.3) is 5.91 Å². The van der Waals surface area contributed by atoms with Crippen LogP contribution in [0.15, 0.2) is 34.5 Å². The molecular weight excluding hydrogens is 236 g/mol. The summed E-state index contributed by atoms with van der Waals surface area (Å²) in [4.78, 5) is 11.8. The molecule has 0 unspecified atom stereocenters. The maximum Gasteiger partial charge on any atom is 0.260 e. The number of fused-ring (bicyclic) bond motifs is 1. The van der Waals surface area contributed by atoms with Crippen molar-refractivity contribution in [1.29, 1.82) is 0 Å². The molecule has 1 aromatic carbocycles. The zero-order chi connectivity index (χ0) is 12.0. The van der Waals surface area contributed by atoms with Gasteiger partial charge in [-0.3, -0.25) is 4.79 Å². The second kappa shape index (κ2) is 3.73. The third kappa shape index (κ3) is 1.68. The largest absolute Gasteiger partial charge is 0.490 e. The number of ether oxygens (including phenoxy) is 1. The molecule has 2 heterocycles. The minimum absolute atomic E-state index is 0.253. The molecule has 1 amide bonds. The van der Waals surface area contributed by atoms with Crippen LogP contribution in [0.5, 0.6) is 0 Å². The lowest BCUT2D eigenvalue weighted by Crippen LogP contribution is -2.05. The average molecular weight is 243 g/mol. The van der Waals surface area contributed by atoms with Crippen LogP contribution in [0, 0.1) is 5.82 Å². The van der Waals surface area contributed by atoms with Gasteiger partial charge in [-0.25, -0.2) is 4.39 Å². The number of carbonyl (C=O) groups is 1. The molecule has 82 valence electrons. The van der Waals surface area contributed by atoms with E-state index in [2.05, 4.69) is 21.6 Å². The van der Waals surface area contributed by atoms with E-state index in [4.69, 9.17) is 4.74 Å². The molecule has 2 aliphatic rings. The number of amides is 1. The lowest BCUT2D eigenvalue weighted by Gasteiger charge is -2.02. The Morgan fingerprint density at radius 2 is 2.24 bits per heavy atom. The number of nitrogens with one attached hydrogen (secondary N) is 1. The van der Waals surface area contributed by atoms with Gasteiger partial charge >= 0.3 is 0 Å². The summed E-state index contributed by atoms with van der Waals surface area (Å²) in [5.41, 5.74) is 1.64. The van der Waals surface area contributed by atoms with E-state index in [0.29, 0.717) is 29.2 Å². The number of allylic oxidation sites excluding steroid dienone is 1. The standard InChI is InChI=1S/C12H7FNO2.Al/c13-7-3-4-8-9(6-7)14-12(15)11(8)10-2-1-5-16-10;/h2-4,6H,5H2,(H,14,15);/b11-10+;. The molecule has 0 aromatic heterocycles. The summed E-state index contributed by atoms with van der Waals surface area (Å²) < 4.78 is 19.4. The molecular formula is C12H7AlFNO2. The van der Waals surface area contributed by atoms with Gasteiger partial charge in [0.2, 0.25) is 0 Å². The van der Waals surface area contributed by atoms with Crippen LogP contribution in [0.3, 0.4) is 0 Å².